The van der Waals surface area contributed by atoms with Crippen molar-refractivity contribution in [3.8, 4) is 34.0 Å². The summed E-state index contributed by atoms with van der Waals surface area (Å²) in [5.41, 5.74) is 9.51. The number of fused-ring (bicyclic) bond motifs is 9. The molecule has 0 spiro atoms. The molecule has 0 unspecified atom stereocenters. The summed E-state index contributed by atoms with van der Waals surface area (Å²) in [5.74, 6) is 0. The SMILES string of the molecule is N#Cc1cc(-c2ccc3c(c2)sc2ccccc23)cc2c1oc1c(-n3c4ccccc4c4ccc(-c5ccccc5)cc43)cccc12. The van der Waals surface area contributed by atoms with Gasteiger partial charge < -0.3 is 8.98 Å². The molecule has 0 saturated heterocycles. The van der Waals surface area contributed by atoms with E-state index in [9.17, 15) is 5.26 Å². The number of hydrogen-bond donors (Lipinski definition) is 0. The third kappa shape index (κ3) is 3.85. The standard InChI is InChI=1S/C43H24N2OS/c44-25-30-21-29(28-18-20-34-33-12-5-7-16-40(33)47-41(34)24-28)22-36-35-13-8-15-38(43(35)46-42(30)36)45-37-14-6-4-11-31(37)32-19-17-27(23-39(32)45)26-9-2-1-3-10-26/h1-24H. The molecule has 3 heterocycles. The Hall–Kier alpha value is -6.15. The molecule has 0 radical (unpaired) electrons. The minimum Gasteiger partial charge on any atom is -0.452 e. The zero-order valence-corrected chi connectivity index (χ0v) is 25.9. The Morgan fingerprint density at radius 1 is 0.468 bits per heavy atom. The van der Waals surface area contributed by atoms with Crippen LogP contribution in [0, 0.1) is 11.3 Å². The van der Waals surface area contributed by atoms with Gasteiger partial charge in [0.1, 0.15) is 6.07 Å². The molecule has 218 valence electrons. The molecule has 10 aromatic rings. The molecule has 0 N–H and O–H groups in total. The lowest BCUT2D eigenvalue weighted by atomic mass is 9.98. The highest BCUT2D eigenvalue weighted by atomic mass is 32.1. The van der Waals surface area contributed by atoms with E-state index in [1.165, 1.54) is 36.5 Å². The Bertz CT molecular complexity index is 2920. The van der Waals surface area contributed by atoms with Gasteiger partial charge in [-0.25, -0.2) is 0 Å². The molecule has 0 fully saturated rings. The second-order valence-corrected chi connectivity index (χ2v) is 13.1. The van der Waals surface area contributed by atoms with Crippen molar-refractivity contribution in [1.29, 1.82) is 5.26 Å². The average molecular weight is 617 g/mol. The third-order valence-electron chi connectivity index (χ3n) is 9.43. The molecule has 0 atom stereocenters. The van der Waals surface area contributed by atoms with E-state index in [-0.39, 0.29) is 0 Å². The summed E-state index contributed by atoms with van der Waals surface area (Å²) in [4.78, 5) is 0. The van der Waals surface area contributed by atoms with E-state index in [0.29, 0.717) is 11.1 Å². The number of benzene rings is 7. The highest BCUT2D eigenvalue weighted by molar-refractivity contribution is 7.25. The summed E-state index contributed by atoms with van der Waals surface area (Å²) < 4.78 is 11.5. The molecular weight excluding hydrogens is 593 g/mol. The Labute approximate surface area is 273 Å². The number of furan rings is 1. The van der Waals surface area contributed by atoms with Gasteiger partial charge >= 0.3 is 0 Å². The van der Waals surface area contributed by atoms with Gasteiger partial charge in [-0.05, 0) is 64.7 Å². The van der Waals surface area contributed by atoms with Crippen LogP contribution in [0.2, 0.25) is 0 Å². The van der Waals surface area contributed by atoms with Crippen molar-refractivity contribution in [2.45, 2.75) is 0 Å². The number of hydrogen-bond acceptors (Lipinski definition) is 3. The van der Waals surface area contributed by atoms with Crippen LogP contribution in [0.5, 0.6) is 0 Å². The van der Waals surface area contributed by atoms with Gasteiger partial charge in [-0.15, -0.1) is 11.3 Å². The van der Waals surface area contributed by atoms with Crippen molar-refractivity contribution in [3.63, 3.8) is 0 Å². The number of aromatic nitrogens is 1. The van der Waals surface area contributed by atoms with Crippen LogP contribution in [0.15, 0.2) is 150 Å². The molecule has 0 aliphatic carbocycles. The largest absolute Gasteiger partial charge is 0.452 e. The molecule has 0 aliphatic rings. The summed E-state index contributed by atoms with van der Waals surface area (Å²) in [7, 11) is 0. The zero-order valence-electron chi connectivity index (χ0n) is 25.1. The summed E-state index contributed by atoms with van der Waals surface area (Å²) in [5, 5.41) is 17.2. The number of rotatable bonds is 3. The van der Waals surface area contributed by atoms with Crippen molar-refractivity contribution in [2.75, 3.05) is 0 Å². The molecule has 10 rings (SSSR count). The molecule has 0 aliphatic heterocycles. The van der Waals surface area contributed by atoms with Crippen LogP contribution in [-0.2, 0) is 0 Å². The number of para-hydroxylation sites is 2. The van der Waals surface area contributed by atoms with Gasteiger partial charge in [0.15, 0.2) is 11.2 Å². The smallest absolute Gasteiger partial charge is 0.159 e. The molecule has 47 heavy (non-hydrogen) atoms. The third-order valence-corrected chi connectivity index (χ3v) is 10.6. The lowest BCUT2D eigenvalue weighted by Crippen LogP contribution is -1.94. The van der Waals surface area contributed by atoms with E-state index in [0.717, 1.165) is 49.8 Å². The van der Waals surface area contributed by atoms with E-state index in [1.807, 2.05) is 12.1 Å². The second-order valence-electron chi connectivity index (χ2n) is 12.0. The zero-order chi connectivity index (χ0) is 31.1. The minimum atomic E-state index is 0.532. The van der Waals surface area contributed by atoms with E-state index < -0.39 is 0 Å². The van der Waals surface area contributed by atoms with Gasteiger partial charge in [-0.3, -0.25) is 0 Å². The van der Waals surface area contributed by atoms with Gasteiger partial charge in [-0.1, -0.05) is 103 Å². The van der Waals surface area contributed by atoms with E-state index in [2.05, 4.69) is 144 Å². The Balaban J connectivity index is 1.22. The van der Waals surface area contributed by atoms with E-state index in [4.69, 9.17) is 4.42 Å². The van der Waals surface area contributed by atoms with Gasteiger partial charge in [-0.2, -0.15) is 5.26 Å². The van der Waals surface area contributed by atoms with Crippen molar-refractivity contribution < 1.29 is 4.42 Å². The topological polar surface area (TPSA) is 41.9 Å². The first-order chi connectivity index (χ1) is 23.2. The van der Waals surface area contributed by atoms with Crippen LogP contribution < -0.4 is 0 Å². The van der Waals surface area contributed by atoms with Crippen LogP contribution in [0.25, 0.3) is 91.9 Å². The summed E-state index contributed by atoms with van der Waals surface area (Å²) >= 11 is 1.80. The van der Waals surface area contributed by atoms with Crippen LogP contribution in [0.1, 0.15) is 5.56 Å². The summed E-state index contributed by atoms with van der Waals surface area (Å²) in [6.45, 7) is 0. The van der Waals surface area contributed by atoms with Crippen molar-refractivity contribution in [2.24, 2.45) is 0 Å². The van der Waals surface area contributed by atoms with Crippen LogP contribution in [0.4, 0.5) is 0 Å². The Morgan fingerprint density at radius 3 is 2.04 bits per heavy atom. The predicted octanol–water partition coefficient (Wildman–Crippen LogP) is 12.3. The van der Waals surface area contributed by atoms with Crippen molar-refractivity contribution in [3.05, 3.63) is 151 Å². The lowest BCUT2D eigenvalue weighted by Gasteiger charge is -2.09. The first kappa shape index (κ1) is 26.1. The first-order valence-electron chi connectivity index (χ1n) is 15.7. The summed E-state index contributed by atoms with van der Waals surface area (Å²) in [6.07, 6.45) is 0. The molecule has 0 bridgehead atoms. The van der Waals surface area contributed by atoms with E-state index in [1.54, 1.807) is 11.3 Å². The fourth-order valence-corrected chi connectivity index (χ4v) is 8.40. The fraction of sp³-hybridized carbons (Fsp3) is 0. The number of thiophene rings is 1. The van der Waals surface area contributed by atoms with Crippen LogP contribution >= 0.6 is 11.3 Å². The number of nitrogens with zero attached hydrogens (tertiary/aromatic N) is 2. The van der Waals surface area contributed by atoms with Crippen molar-refractivity contribution >= 4 is 75.3 Å². The van der Waals surface area contributed by atoms with Gasteiger partial charge in [0.2, 0.25) is 0 Å². The highest BCUT2D eigenvalue weighted by Gasteiger charge is 2.20. The monoisotopic (exact) mass is 616 g/mol. The maximum Gasteiger partial charge on any atom is 0.159 e. The maximum atomic E-state index is 10.4. The average Bonchev–Trinajstić information content (AvgIpc) is 3.80. The fourth-order valence-electron chi connectivity index (χ4n) is 7.26. The Morgan fingerprint density at radius 2 is 1.17 bits per heavy atom. The van der Waals surface area contributed by atoms with Crippen LogP contribution in [0.3, 0.4) is 0 Å². The van der Waals surface area contributed by atoms with Gasteiger partial charge in [0.25, 0.3) is 0 Å². The highest BCUT2D eigenvalue weighted by Crippen LogP contribution is 2.42. The molecule has 0 amide bonds. The minimum absolute atomic E-state index is 0.532. The number of nitriles is 1. The molecule has 7 aromatic carbocycles. The van der Waals surface area contributed by atoms with E-state index >= 15 is 0 Å². The maximum absolute atomic E-state index is 10.4. The summed E-state index contributed by atoms with van der Waals surface area (Å²) in [6, 6.07) is 53.8. The molecule has 0 saturated carbocycles. The normalized spacial score (nSPS) is 11.8. The quantitative estimate of drug-likeness (QED) is 0.198. The molecule has 3 nitrogen and oxygen atoms in total. The first-order valence-corrected chi connectivity index (χ1v) is 16.5. The van der Waals surface area contributed by atoms with Gasteiger partial charge in [0.05, 0.1) is 22.3 Å². The second kappa shape index (κ2) is 9.92. The van der Waals surface area contributed by atoms with Gasteiger partial charge in [0, 0.05) is 41.7 Å². The Kier molecular flexibility index (Phi) is 5.51. The van der Waals surface area contributed by atoms with Crippen molar-refractivity contribution in [1.82, 2.24) is 4.57 Å². The molecule has 4 heteroatoms. The molecule has 3 aromatic heterocycles. The lowest BCUT2D eigenvalue weighted by molar-refractivity contribution is 0.665. The van der Waals surface area contributed by atoms with Crippen LogP contribution in [-0.4, -0.2) is 4.57 Å². The molecular formula is C43H24N2OS. The predicted molar refractivity (Wildman–Crippen MR) is 197 cm³/mol.